The molecule has 0 aromatic carbocycles. The van der Waals surface area contributed by atoms with Gasteiger partial charge in [0, 0.05) is 24.5 Å². The van der Waals surface area contributed by atoms with Crippen LogP contribution in [0.1, 0.15) is 39.8 Å². The van der Waals surface area contributed by atoms with Gasteiger partial charge in [-0.25, -0.2) is 4.68 Å². The zero-order valence-corrected chi connectivity index (χ0v) is 18.6. The predicted octanol–water partition coefficient (Wildman–Crippen LogP) is 2.14. The fraction of sp³-hybridized carbons (Fsp3) is 0.524. The molecule has 3 N–H and O–H groups in total. The summed E-state index contributed by atoms with van der Waals surface area (Å²) in [5, 5.41) is 37.7. The SMILES string of the molecule is C=C/C(C)=C/[C@@]1(C)SC(=O)C(Cn2cc(CCC(=O)[C@H](O)C(C)(C)CO)nn2)=C1O. The van der Waals surface area contributed by atoms with Crippen LogP contribution >= 0.6 is 11.8 Å². The highest BCUT2D eigenvalue weighted by Crippen LogP contribution is 2.44. The molecular formula is C21H29N3O5S. The lowest BCUT2D eigenvalue weighted by atomic mass is 9.84. The monoisotopic (exact) mass is 435 g/mol. The molecule has 0 amide bonds. The van der Waals surface area contributed by atoms with Crippen molar-refractivity contribution in [3.8, 4) is 0 Å². The Bertz CT molecular complexity index is 902. The lowest BCUT2D eigenvalue weighted by Gasteiger charge is -2.26. The Kier molecular flexibility index (Phi) is 7.44. The zero-order valence-electron chi connectivity index (χ0n) is 17.8. The zero-order chi connectivity index (χ0) is 22.7. The maximum atomic E-state index is 12.4. The van der Waals surface area contributed by atoms with Crippen molar-refractivity contribution in [3.05, 3.63) is 47.5 Å². The van der Waals surface area contributed by atoms with E-state index in [9.17, 15) is 24.9 Å². The van der Waals surface area contributed by atoms with Crippen LogP contribution in [0.3, 0.4) is 0 Å². The quantitative estimate of drug-likeness (QED) is 0.477. The molecule has 2 heterocycles. The fourth-order valence-corrected chi connectivity index (χ4v) is 4.17. The van der Waals surface area contributed by atoms with E-state index in [-0.39, 0.29) is 48.2 Å². The minimum absolute atomic E-state index is 0.0136. The van der Waals surface area contributed by atoms with E-state index in [1.54, 1.807) is 39.1 Å². The molecule has 0 unspecified atom stereocenters. The first-order chi connectivity index (χ1) is 13.9. The average molecular weight is 436 g/mol. The molecule has 8 nitrogen and oxygen atoms in total. The topological polar surface area (TPSA) is 126 Å². The minimum Gasteiger partial charge on any atom is -0.510 e. The average Bonchev–Trinajstić information content (AvgIpc) is 3.23. The van der Waals surface area contributed by atoms with E-state index >= 15 is 0 Å². The lowest BCUT2D eigenvalue weighted by Crippen LogP contribution is -2.39. The number of hydrogen-bond donors (Lipinski definition) is 3. The maximum Gasteiger partial charge on any atom is 0.221 e. The van der Waals surface area contributed by atoms with Gasteiger partial charge in [0.05, 0.1) is 29.2 Å². The minimum atomic E-state index is -1.27. The second-order valence-electron chi connectivity index (χ2n) is 8.34. The van der Waals surface area contributed by atoms with Gasteiger partial charge < -0.3 is 15.3 Å². The molecule has 1 aromatic rings. The summed E-state index contributed by atoms with van der Waals surface area (Å²) in [6.45, 7) is 10.3. The molecule has 0 spiro atoms. The van der Waals surface area contributed by atoms with Gasteiger partial charge in [-0.15, -0.1) is 5.10 Å². The van der Waals surface area contributed by atoms with Crippen LogP contribution in [0.4, 0.5) is 0 Å². The van der Waals surface area contributed by atoms with Gasteiger partial charge in [-0.2, -0.15) is 0 Å². The van der Waals surface area contributed by atoms with E-state index in [1.807, 2.05) is 6.92 Å². The van der Waals surface area contributed by atoms with E-state index in [1.165, 1.54) is 4.68 Å². The molecule has 0 saturated carbocycles. The van der Waals surface area contributed by atoms with Crippen molar-refractivity contribution in [2.45, 2.75) is 57.9 Å². The van der Waals surface area contributed by atoms with Gasteiger partial charge in [-0.1, -0.05) is 55.1 Å². The molecule has 1 aromatic heterocycles. The molecule has 0 radical (unpaired) electrons. The molecule has 0 aliphatic carbocycles. The molecule has 164 valence electrons. The number of Topliss-reactive ketones (excluding diaryl/α,β-unsaturated/α-hetero) is 1. The molecule has 0 saturated heterocycles. The number of carbonyl (C=O) groups excluding carboxylic acids is 2. The number of thioether (sulfide) groups is 1. The van der Waals surface area contributed by atoms with Crippen molar-refractivity contribution in [3.63, 3.8) is 0 Å². The number of hydrogen-bond acceptors (Lipinski definition) is 8. The standard InChI is InChI=1S/C21H29N3O5S/c1-6-13(2)9-21(5)17(27)15(19(29)30-21)11-24-10-14(22-23-24)7-8-16(26)18(28)20(3,4)12-25/h6,9-10,18,25,27-28H,1,7-8,11-12H2,2-5H3/b13-9+/t18-,21+/m0/s1. The highest BCUT2D eigenvalue weighted by atomic mass is 32.2. The Morgan fingerprint density at radius 2 is 2.13 bits per heavy atom. The third kappa shape index (κ3) is 5.27. The second kappa shape index (κ2) is 9.28. The first-order valence-corrected chi connectivity index (χ1v) is 10.4. The number of rotatable bonds is 10. The molecule has 2 rings (SSSR count). The summed E-state index contributed by atoms with van der Waals surface area (Å²) < 4.78 is 0.587. The Labute approximate surface area is 180 Å². The number of ketones is 1. The number of aliphatic hydroxyl groups excluding tert-OH is 3. The molecule has 0 fully saturated rings. The number of carbonyl (C=O) groups is 2. The van der Waals surface area contributed by atoms with Crippen molar-refractivity contribution < 1.29 is 24.9 Å². The van der Waals surface area contributed by atoms with Gasteiger partial charge in [0.2, 0.25) is 5.12 Å². The summed E-state index contributed by atoms with van der Waals surface area (Å²) in [7, 11) is 0. The number of allylic oxidation sites excluding steroid dienone is 2. The smallest absolute Gasteiger partial charge is 0.221 e. The fourth-order valence-electron chi connectivity index (χ4n) is 3.03. The number of nitrogens with zero attached hydrogens (tertiary/aromatic N) is 3. The summed E-state index contributed by atoms with van der Waals surface area (Å²) in [5.41, 5.74) is 0.721. The van der Waals surface area contributed by atoms with Crippen LogP contribution in [-0.4, -0.2) is 58.7 Å². The van der Waals surface area contributed by atoms with E-state index in [4.69, 9.17) is 0 Å². The summed E-state index contributed by atoms with van der Waals surface area (Å²) in [4.78, 5) is 24.6. The molecule has 9 heteroatoms. The molecule has 30 heavy (non-hydrogen) atoms. The molecule has 2 atom stereocenters. The lowest BCUT2D eigenvalue weighted by molar-refractivity contribution is -0.134. The maximum absolute atomic E-state index is 12.4. The third-order valence-corrected chi connectivity index (χ3v) is 6.29. The Balaban J connectivity index is 2.07. The van der Waals surface area contributed by atoms with Gasteiger partial charge in [0.15, 0.2) is 5.78 Å². The van der Waals surface area contributed by atoms with Crippen LogP contribution < -0.4 is 0 Å². The number of aryl methyl sites for hydroxylation is 1. The highest BCUT2D eigenvalue weighted by molar-refractivity contribution is 8.16. The van der Waals surface area contributed by atoms with E-state index in [0.29, 0.717) is 5.69 Å². The van der Waals surface area contributed by atoms with Gasteiger partial charge >= 0.3 is 0 Å². The van der Waals surface area contributed by atoms with Gasteiger partial charge in [-0.3, -0.25) is 9.59 Å². The molecule has 1 aliphatic heterocycles. The number of aliphatic hydroxyl groups is 3. The summed E-state index contributed by atoms with van der Waals surface area (Å²) in [5.74, 6) is -0.397. The summed E-state index contributed by atoms with van der Waals surface area (Å²) in [6, 6.07) is 0. The Morgan fingerprint density at radius 3 is 2.73 bits per heavy atom. The van der Waals surface area contributed by atoms with E-state index in [2.05, 4.69) is 16.9 Å². The Hall–Kier alpha value is -2.23. The molecular weight excluding hydrogens is 406 g/mol. The van der Waals surface area contributed by atoms with Gasteiger partial charge in [-0.05, 0) is 13.8 Å². The first-order valence-electron chi connectivity index (χ1n) is 9.62. The highest BCUT2D eigenvalue weighted by Gasteiger charge is 2.42. The van der Waals surface area contributed by atoms with E-state index in [0.717, 1.165) is 17.3 Å². The Morgan fingerprint density at radius 1 is 1.47 bits per heavy atom. The van der Waals surface area contributed by atoms with Crippen LogP contribution in [0.5, 0.6) is 0 Å². The van der Waals surface area contributed by atoms with Gasteiger partial charge in [0.25, 0.3) is 0 Å². The molecule has 1 aliphatic rings. The van der Waals surface area contributed by atoms with Crippen LogP contribution in [-0.2, 0) is 22.6 Å². The van der Waals surface area contributed by atoms with Crippen molar-refractivity contribution in [1.82, 2.24) is 15.0 Å². The van der Waals surface area contributed by atoms with Crippen molar-refractivity contribution >= 4 is 22.7 Å². The van der Waals surface area contributed by atoms with Crippen molar-refractivity contribution in [1.29, 1.82) is 0 Å². The first kappa shape index (κ1) is 24.0. The number of aromatic nitrogens is 3. The van der Waals surface area contributed by atoms with Crippen LogP contribution in [0.2, 0.25) is 0 Å². The normalized spacial score (nSPS) is 21.3. The molecule has 0 bridgehead atoms. The van der Waals surface area contributed by atoms with Crippen molar-refractivity contribution in [2.24, 2.45) is 5.41 Å². The second-order valence-corrected chi connectivity index (χ2v) is 9.76. The third-order valence-electron chi connectivity index (χ3n) is 5.12. The largest absolute Gasteiger partial charge is 0.510 e. The predicted molar refractivity (Wildman–Crippen MR) is 115 cm³/mol. The van der Waals surface area contributed by atoms with Crippen molar-refractivity contribution in [2.75, 3.05) is 6.61 Å². The van der Waals surface area contributed by atoms with Gasteiger partial charge in [0.1, 0.15) is 11.9 Å². The van der Waals surface area contributed by atoms with Crippen LogP contribution in [0.25, 0.3) is 0 Å². The van der Waals surface area contributed by atoms with Crippen LogP contribution in [0.15, 0.2) is 41.8 Å². The van der Waals surface area contributed by atoms with E-state index < -0.39 is 16.3 Å². The summed E-state index contributed by atoms with van der Waals surface area (Å²) in [6.07, 6.45) is 4.11. The van der Waals surface area contributed by atoms with Crippen LogP contribution in [0, 0.1) is 5.41 Å². The summed E-state index contributed by atoms with van der Waals surface area (Å²) >= 11 is 1.03.